The number of nitrogens with one attached hydrogen (secondary N) is 1. The van der Waals surface area contributed by atoms with Crippen molar-refractivity contribution in [2.45, 2.75) is 6.10 Å². The number of halogens is 2. The van der Waals surface area contributed by atoms with Gasteiger partial charge in [0.15, 0.2) is 0 Å². The Hall–Kier alpha value is -0.430. The van der Waals surface area contributed by atoms with Crippen molar-refractivity contribution < 1.29 is 4.74 Å². The molecular weight excluding hydrogens is 307 g/mol. The number of nitrogens with zero attached hydrogens (tertiary/aromatic N) is 3. The standard InChI is InChI=1S/C10H14BrClN4O/c1-16-2-3-17-7(6-16)4-13-9-8(11)5-14-10(12)15-9/h5,7H,2-4,6H2,1H3,(H,13,14,15). The molecule has 1 N–H and O–H groups in total. The van der Waals surface area contributed by atoms with Crippen LogP contribution in [-0.2, 0) is 4.74 Å². The molecule has 1 saturated heterocycles. The minimum atomic E-state index is 0.175. The number of ether oxygens (including phenoxy) is 1. The molecular formula is C10H14BrClN4O. The Morgan fingerprint density at radius 1 is 1.71 bits per heavy atom. The Morgan fingerprint density at radius 2 is 2.53 bits per heavy atom. The van der Waals surface area contributed by atoms with Gasteiger partial charge in [-0.05, 0) is 34.6 Å². The van der Waals surface area contributed by atoms with Crippen molar-refractivity contribution in [1.82, 2.24) is 14.9 Å². The number of morpholine rings is 1. The third-order valence-corrected chi connectivity index (χ3v) is 3.32. The highest BCUT2D eigenvalue weighted by Crippen LogP contribution is 2.20. The van der Waals surface area contributed by atoms with Crippen LogP contribution in [0.5, 0.6) is 0 Å². The van der Waals surface area contributed by atoms with Gasteiger partial charge in [-0.15, -0.1) is 0 Å². The van der Waals surface area contributed by atoms with Gasteiger partial charge in [0, 0.05) is 25.8 Å². The van der Waals surface area contributed by atoms with E-state index in [1.165, 1.54) is 0 Å². The topological polar surface area (TPSA) is 50.3 Å². The van der Waals surface area contributed by atoms with E-state index >= 15 is 0 Å². The number of rotatable bonds is 3. The molecule has 5 nitrogen and oxygen atoms in total. The van der Waals surface area contributed by atoms with Crippen LogP contribution in [0.1, 0.15) is 0 Å². The van der Waals surface area contributed by atoms with Gasteiger partial charge >= 0.3 is 0 Å². The SMILES string of the molecule is CN1CCOC(CNc2nc(Cl)ncc2Br)C1. The first-order chi connectivity index (χ1) is 8.15. The highest BCUT2D eigenvalue weighted by Gasteiger charge is 2.17. The first-order valence-corrected chi connectivity index (χ1v) is 6.54. The molecule has 1 aromatic rings. The van der Waals surface area contributed by atoms with E-state index in [2.05, 4.69) is 43.2 Å². The zero-order chi connectivity index (χ0) is 12.3. The van der Waals surface area contributed by atoms with Gasteiger partial charge in [-0.2, -0.15) is 4.98 Å². The lowest BCUT2D eigenvalue weighted by molar-refractivity contribution is -0.0117. The smallest absolute Gasteiger partial charge is 0.224 e. The molecule has 1 aliphatic rings. The van der Waals surface area contributed by atoms with Crippen LogP contribution < -0.4 is 5.32 Å². The lowest BCUT2D eigenvalue weighted by atomic mass is 10.3. The third kappa shape index (κ3) is 3.77. The molecule has 2 heterocycles. The molecule has 7 heteroatoms. The zero-order valence-corrected chi connectivity index (χ0v) is 11.8. The van der Waals surface area contributed by atoms with Crippen LogP contribution in [0.2, 0.25) is 5.28 Å². The van der Waals surface area contributed by atoms with Gasteiger partial charge in [-0.1, -0.05) is 0 Å². The van der Waals surface area contributed by atoms with Crippen molar-refractivity contribution in [1.29, 1.82) is 0 Å². The molecule has 1 unspecified atom stereocenters. The van der Waals surface area contributed by atoms with E-state index in [1.807, 2.05) is 0 Å². The molecule has 0 amide bonds. The summed E-state index contributed by atoms with van der Waals surface area (Å²) in [5.74, 6) is 0.696. The average Bonchev–Trinajstić information content (AvgIpc) is 2.30. The Balaban J connectivity index is 1.90. The maximum atomic E-state index is 5.74. The molecule has 0 aromatic carbocycles. The minimum absolute atomic E-state index is 0.175. The number of hydrogen-bond donors (Lipinski definition) is 1. The van der Waals surface area contributed by atoms with Crippen LogP contribution in [0.3, 0.4) is 0 Å². The van der Waals surface area contributed by atoms with Crippen molar-refractivity contribution in [2.24, 2.45) is 0 Å². The predicted octanol–water partition coefficient (Wildman–Crippen LogP) is 1.63. The lowest BCUT2D eigenvalue weighted by Crippen LogP contribution is -2.43. The summed E-state index contributed by atoms with van der Waals surface area (Å²) in [6, 6.07) is 0. The van der Waals surface area contributed by atoms with Gasteiger partial charge in [0.25, 0.3) is 0 Å². The van der Waals surface area contributed by atoms with Crippen LogP contribution in [-0.4, -0.2) is 54.3 Å². The highest BCUT2D eigenvalue weighted by molar-refractivity contribution is 9.10. The molecule has 0 saturated carbocycles. The Morgan fingerprint density at radius 3 is 3.29 bits per heavy atom. The van der Waals surface area contributed by atoms with Crippen molar-refractivity contribution in [3.8, 4) is 0 Å². The molecule has 0 radical (unpaired) electrons. The zero-order valence-electron chi connectivity index (χ0n) is 9.49. The Labute approximate surface area is 114 Å². The molecule has 94 valence electrons. The molecule has 17 heavy (non-hydrogen) atoms. The molecule has 1 aliphatic heterocycles. The van der Waals surface area contributed by atoms with E-state index in [4.69, 9.17) is 16.3 Å². The van der Waals surface area contributed by atoms with E-state index in [0.29, 0.717) is 12.4 Å². The predicted molar refractivity (Wildman–Crippen MR) is 70.5 cm³/mol. The van der Waals surface area contributed by atoms with E-state index in [0.717, 1.165) is 24.2 Å². The summed E-state index contributed by atoms with van der Waals surface area (Å²) in [5, 5.41) is 3.44. The summed E-state index contributed by atoms with van der Waals surface area (Å²) >= 11 is 9.11. The van der Waals surface area contributed by atoms with Gasteiger partial charge < -0.3 is 15.0 Å². The summed E-state index contributed by atoms with van der Waals surface area (Å²) in [7, 11) is 2.09. The fraction of sp³-hybridized carbons (Fsp3) is 0.600. The maximum absolute atomic E-state index is 5.74. The molecule has 0 aliphatic carbocycles. The minimum Gasteiger partial charge on any atom is -0.374 e. The number of likely N-dealkylation sites (N-methyl/N-ethyl adjacent to an activating group) is 1. The summed E-state index contributed by atoms with van der Waals surface area (Å²) in [6.07, 6.45) is 1.81. The van der Waals surface area contributed by atoms with Crippen LogP contribution in [0.15, 0.2) is 10.7 Å². The van der Waals surface area contributed by atoms with Gasteiger partial charge in [0.05, 0.1) is 17.2 Å². The normalized spacial score (nSPS) is 21.5. The molecule has 0 bridgehead atoms. The molecule has 1 atom stereocenters. The van der Waals surface area contributed by atoms with Gasteiger partial charge in [0.2, 0.25) is 5.28 Å². The Kier molecular flexibility index (Phi) is 4.55. The monoisotopic (exact) mass is 320 g/mol. The molecule has 1 fully saturated rings. The van der Waals surface area contributed by atoms with E-state index in [9.17, 15) is 0 Å². The van der Waals surface area contributed by atoms with Crippen LogP contribution >= 0.6 is 27.5 Å². The second kappa shape index (κ2) is 5.95. The van der Waals surface area contributed by atoms with Crippen molar-refractivity contribution in [3.05, 3.63) is 16.0 Å². The van der Waals surface area contributed by atoms with Crippen molar-refractivity contribution in [3.63, 3.8) is 0 Å². The molecule has 0 spiro atoms. The second-order valence-corrected chi connectivity index (χ2v) is 5.16. The summed E-state index contributed by atoms with van der Waals surface area (Å²) in [6.45, 7) is 3.38. The lowest BCUT2D eigenvalue weighted by Gasteiger charge is -2.30. The number of aromatic nitrogens is 2. The van der Waals surface area contributed by atoms with Gasteiger partial charge in [-0.3, -0.25) is 0 Å². The van der Waals surface area contributed by atoms with Crippen LogP contribution in [0, 0.1) is 0 Å². The van der Waals surface area contributed by atoms with Gasteiger partial charge in [-0.25, -0.2) is 4.98 Å². The summed E-state index contributed by atoms with van der Waals surface area (Å²) in [5.41, 5.74) is 0. The first-order valence-electron chi connectivity index (χ1n) is 5.37. The van der Waals surface area contributed by atoms with E-state index in [1.54, 1.807) is 6.20 Å². The summed E-state index contributed by atoms with van der Waals surface area (Å²) < 4.78 is 6.44. The molecule has 2 rings (SSSR count). The second-order valence-electron chi connectivity index (χ2n) is 3.97. The largest absolute Gasteiger partial charge is 0.374 e. The van der Waals surface area contributed by atoms with Crippen molar-refractivity contribution >= 4 is 33.3 Å². The van der Waals surface area contributed by atoms with Crippen LogP contribution in [0.25, 0.3) is 0 Å². The first kappa shape index (κ1) is 13.0. The van der Waals surface area contributed by atoms with E-state index in [-0.39, 0.29) is 11.4 Å². The number of hydrogen-bond acceptors (Lipinski definition) is 5. The number of anilines is 1. The van der Waals surface area contributed by atoms with E-state index < -0.39 is 0 Å². The molecule has 1 aromatic heterocycles. The third-order valence-electron chi connectivity index (χ3n) is 2.55. The maximum Gasteiger partial charge on any atom is 0.224 e. The summed E-state index contributed by atoms with van der Waals surface area (Å²) in [4.78, 5) is 10.2. The van der Waals surface area contributed by atoms with Gasteiger partial charge in [0.1, 0.15) is 5.82 Å². The highest BCUT2D eigenvalue weighted by atomic mass is 79.9. The fourth-order valence-corrected chi connectivity index (χ4v) is 2.13. The fourth-order valence-electron chi connectivity index (χ4n) is 1.67. The Bertz CT molecular complexity index is 393. The van der Waals surface area contributed by atoms with Crippen LogP contribution in [0.4, 0.5) is 5.82 Å². The quantitative estimate of drug-likeness (QED) is 0.858. The average molecular weight is 322 g/mol. The van der Waals surface area contributed by atoms with Crippen molar-refractivity contribution in [2.75, 3.05) is 38.6 Å².